The maximum atomic E-state index is 13.2. The van der Waals surface area contributed by atoms with E-state index in [2.05, 4.69) is 15.6 Å². The third kappa shape index (κ3) is 4.46. The van der Waals surface area contributed by atoms with Crippen LogP contribution in [-0.2, 0) is 11.2 Å². The fraction of sp³-hybridized carbons (Fsp3) is 0.333. The zero-order valence-corrected chi connectivity index (χ0v) is 13.8. The SMILES string of the molecule is Cl.O=C(Nc1ncc(Cc2ccc(F)c(F)c2)s1)C1CCNC1. The van der Waals surface area contributed by atoms with Gasteiger partial charge in [0.25, 0.3) is 0 Å². The number of aromatic nitrogens is 1. The van der Waals surface area contributed by atoms with E-state index < -0.39 is 11.6 Å². The number of carbonyl (C=O) groups excluding carboxylic acids is 1. The second-order valence-electron chi connectivity index (χ2n) is 5.24. The molecular weight excluding hydrogens is 344 g/mol. The van der Waals surface area contributed by atoms with Crippen LogP contribution in [0.25, 0.3) is 0 Å². The third-order valence-corrected chi connectivity index (χ3v) is 4.49. The van der Waals surface area contributed by atoms with Crippen LogP contribution in [0.3, 0.4) is 0 Å². The topological polar surface area (TPSA) is 54.0 Å². The van der Waals surface area contributed by atoms with Crippen molar-refractivity contribution < 1.29 is 13.6 Å². The van der Waals surface area contributed by atoms with Gasteiger partial charge in [0.05, 0.1) is 5.92 Å². The lowest BCUT2D eigenvalue weighted by atomic mass is 10.1. The predicted octanol–water partition coefficient (Wildman–Crippen LogP) is 2.98. The monoisotopic (exact) mass is 359 g/mol. The summed E-state index contributed by atoms with van der Waals surface area (Å²) in [6.07, 6.45) is 2.93. The number of benzene rings is 1. The van der Waals surface area contributed by atoms with E-state index in [4.69, 9.17) is 0 Å². The summed E-state index contributed by atoms with van der Waals surface area (Å²) in [4.78, 5) is 17.0. The van der Waals surface area contributed by atoms with Crippen molar-refractivity contribution in [2.24, 2.45) is 5.92 Å². The first kappa shape index (κ1) is 17.8. The van der Waals surface area contributed by atoms with Crippen LogP contribution in [0.2, 0.25) is 0 Å². The molecule has 0 saturated carbocycles. The fourth-order valence-electron chi connectivity index (χ4n) is 2.38. The molecule has 2 aromatic rings. The predicted molar refractivity (Wildman–Crippen MR) is 88.1 cm³/mol. The van der Waals surface area contributed by atoms with Crippen LogP contribution in [0.1, 0.15) is 16.9 Å². The molecule has 4 nitrogen and oxygen atoms in total. The summed E-state index contributed by atoms with van der Waals surface area (Å²) in [6, 6.07) is 3.83. The molecule has 124 valence electrons. The summed E-state index contributed by atoms with van der Waals surface area (Å²) in [5.41, 5.74) is 0.667. The Kier molecular flexibility index (Phi) is 6.04. The summed E-state index contributed by atoms with van der Waals surface area (Å²) < 4.78 is 26.1. The lowest BCUT2D eigenvalue weighted by Crippen LogP contribution is -2.24. The molecule has 0 aliphatic carbocycles. The van der Waals surface area contributed by atoms with E-state index in [1.807, 2.05) is 0 Å². The molecule has 23 heavy (non-hydrogen) atoms. The lowest BCUT2D eigenvalue weighted by Gasteiger charge is -2.06. The van der Waals surface area contributed by atoms with Crippen LogP contribution in [0.5, 0.6) is 0 Å². The van der Waals surface area contributed by atoms with Crippen molar-refractivity contribution in [2.75, 3.05) is 18.4 Å². The average Bonchev–Trinajstić information content (AvgIpc) is 3.15. The highest BCUT2D eigenvalue weighted by molar-refractivity contribution is 7.15. The number of anilines is 1. The fourth-order valence-corrected chi connectivity index (χ4v) is 3.23. The quantitative estimate of drug-likeness (QED) is 0.882. The number of hydrogen-bond donors (Lipinski definition) is 2. The highest BCUT2D eigenvalue weighted by Crippen LogP contribution is 2.23. The summed E-state index contributed by atoms with van der Waals surface area (Å²) in [5.74, 6) is -1.76. The molecule has 2 N–H and O–H groups in total. The zero-order valence-electron chi connectivity index (χ0n) is 12.1. The van der Waals surface area contributed by atoms with Gasteiger partial charge in [0.2, 0.25) is 5.91 Å². The van der Waals surface area contributed by atoms with Crippen LogP contribution in [0.15, 0.2) is 24.4 Å². The van der Waals surface area contributed by atoms with Gasteiger partial charge in [0.1, 0.15) is 0 Å². The van der Waals surface area contributed by atoms with Crippen LogP contribution in [0.4, 0.5) is 13.9 Å². The smallest absolute Gasteiger partial charge is 0.230 e. The van der Waals surface area contributed by atoms with Crippen LogP contribution < -0.4 is 10.6 Å². The first-order valence-corrected chi connectivity index (χ1v) is 7.83. The molecule has 0 bridgehead atoms. The average molecular weight is 360 g/mol. The van der Waals surface area contributed by atoms with Gasteiger partial charge in [-0.25, -0.2) is 13.8 Å². The molecule has 1 aliphatic heterocycles. The Morgan fingerprint density at radius 1 is 1.39 bits per heavy atom. The Morgan fingerprint density at radius 3 is 2.91 bits per heavy atom. The Bertz CT molecular complexity index is 689. The molecule has 1 amide bonds. The van der Waals surface area contributed by atoms with Gasteiger partial charge in [-0.3, -0.25) is 4.79 Å². The lowest BCUT2D eigenvalue weighted by molar-refractivity contribution is -0.119. The van der Waals surface area contributed by atoms with E-state index in [1.54, 1.807) is 12.3 Å². The number of amides is 1. The minimum absolute atomic E-state index is 0. The second kappa shape index (κ2) is 7.81. The largest absolute Gasteiger partial charge is 0.316 e. The zero-order chi connectivity index (χ0) is 15.5. The Labute approximate surface area is 142 Å². The van der Waals surface area contributed by atoms with Crippen molar-refractivity contribution in [3.8, 4) is 0 Å². The molecule has 0 radical (unpaired) electrons. The van der Waals surface area contributed by atoms with Gasteiger partial charge >= 0.3 is 0 Å². The van der Waals surface area contributed by atoms with E-state index in [0.717, 1.165) is 23.9 Å². The van der Waals surface area contributed by atoms with E-state index >= 15 is 0 Å². The number of halogens is 3. The highest BCUT2D eigenvalue weighted by atomic mass is 35.5. The number of carbonyl (C=O) groups is 1. The van der Waals surface area contributed by atoms with E-state index in [1.165, 1.54) is 17.4 Å². The molecule has 1 aliphatic rings. The number of rotatable bonds is 4. The minimum atomic E-state index is -0.857. The molecule has 1 aromatic carbocycles. The first-order valence-electron chi connectivity index (χ1n) is 7.02. The normalized spacial score (nSPS) is 16.9. The van der Waals surface area contributed by atoms with Crippen LogP contribution in [-0.4, -0.2) is 24.0 Å². The summed E-state index contributed by atoms with van der Waals surface area (Å²) in [6.45, 7) is 1.55. The molecule has 3 rings (SSSR count). The van der Waals surface area contributed by atoms with Gasteiger partial charge in [-0.1, -0.05) is 6.07 Å². The van der Waals surface area contributed by atoms with Crippen molar-refractivity contribution in [1.82, 2.24) is 10.3 Å². The van der Waals surface area contributed by atoms with Crippen molar-refractivity contribution in [1.29, 1.82) is 0 Å². The second-order valence-corrected chi connectivity index (χ2v) is 6.35. The first-order chi connectivity index (χ1) is 10.6. The van der Waals surface area contributed by atoms with Crippen LogP contribution in [0, 0.1) is 17.6 Å². The van der Waals surface area contributed by atoms with Gasteiger partial charge in [-0.15, -0.1) is 23.7 Å². The standard InChI is InChI=1S/C15H15F2N3OS.ClH/c16-12-2-1-9(6-13(12)17)5-11-8-19-15(22-11)20-14(21)10-3-4-18-7-10;/h1-2,6,8,10,18H,3-5,7H2,(H,19,20,21);1H. The van der Waals surface area contributed by atoms with Gasteiger partial charge in [-0.05, 0) is 30.7 Å². The molecule has 1 aromatic heterocycles. The number of nitrogens with one attached hydrogen (secondary N) is 2. The van der Waals surface area contributed by atoms with Crippen molar-refractivity contribution in [3.63, 3.8) is 0 Å². The van der Waals surface area contributed by atoms with Gasteiger partial charge in [-0.2, -0.15) is 0 Å². The Morgan fingerprint density at radius 2 is 2.22 bits per heavy atom. The summed E-state index contributed by atoms with van der Waals surface area (Å²) in [5, 5.41) is 6.48. The van der Waals surface area contributed by atoms with E-state index in [-0.39, 0.29) is 24.2 Å². The number of thiazole rings is 1. The maximum absolute atomic E-state index is 13.2. The molecule has 0 spiro atoms. The minimum Gasteiger partial charge on any atom is -0.316 e. The molecule has 1 unspecified atom stereocenters. The maximum Gasteiger partial charge on any atom is 0.230 e. The summed E-state index contributed by atoms with van der Waals surface area (Å²) in [7, 11) is 0. The number of nitrogens with zero attached hydrogens (tertiary/aromatic N) is 1. The Balaban J connectivity index is 0.00000192. The molecule has 2 heterocycles. The molecule has 1 atom stereocenters. The van der Waals surface area contributed by atoms with Gasteiger partial charge in [0.15, 0.2) is 16.8 Å². The molecule has 8 heteroatoms. The van der Waals surface area contributed by atoms with Crippen molar-refractivity contribution in [3.05, 3.63) is 46.5 Å². The van der Waals surface area contributed by atoms with Gasteiger partial charge < -0.3 is 10.6 Å². The molecule has 1 saturated heterocycles. The van der Waals surface area contributed by atoms with Crippen molar-refractivity contribution >= 4 is 34.8 Å². The van der Waals surface area contributed by atoms with E-state index in [0.29, 0.717) is 23.7 Å². The molecular formula is C15H16ClF2N3OS. The summed E-state index contributed by atoms with van der Waals surface area (Å²) >= 11 is 1.35. The highest BCUT2D eigenvalue weighted by Gasteiger charge is 2.23. The Hall–Kier alpha value is -1.57. The van der Waals surface area contributed by atoms with Crippen LogP contribution >= 0.6 is 23.7 Å². The van der Waals surface area contributed by atoms with Crippen molar-refractivity contribution in [2.45, 2.75) is 12.8 Å². The van der Waals surface area contributed by atoms with E-state index in [9.17, 15) is 13.6 Å². The number of hydrogen-bond acceptors (Lipinski definition) is 4. The van der Waals surface area contributed by atoms with Gasteiger partial charge in [0, 0.05) is 24.0 Å². The third-order valence-electron chi connectivity index (χ3n) is 3.58. The molecule has 1 fully saturated rings.